The van der Waals surface area contributed by atoms with Crippen LogP contribution in [0.2, 0.25) is 0 Å². The zero-order valence-electron chi connectivity index (χ0n) is 7.58. The second-order valence-electron chi connectivity index (χ2n) is 2.92. The van der Waals surface area contributed by atoms with Crippen LogP contribution < -0.4 is 0 Å². The number of esters is 1. The van der Waals surface area contributed by atoms with Gasteiger partial charge < -0.3 is 4.74 Å². The summed E-state index contributed by atoms with van der Waals surface area (Å²) in [5.74, 6) is -0.563. The minimum Gasteiger partial charge on any atom is -0.462 e. The van der Waals surface area contributed by atoms with Crippen LogP contribution in [0.1, 0.15) is 20.3 Å². The highest BCUT2D eigenvalue weighted by atomic mass is 19.1. The van der Waals surface area contributed by atoms with E-state index in [1.807, 2.05) is 0 Å². The van der Waals surface area contributed by atoms with Gasteiger partial charge in [0.2, 0.25) is 12.2 Å². The van der Waals surface area contributed by atoms with E-state index in [1.54, 1.807) is 6.92 Å². The fourth-order valence-corrected chi connectivity index (χ4v) is 0.648. The molecule has 0 aliphatic rings. The standard InChI is InChI=1S/C7H12FNO4/c1-3-6(10)13-5-7(2,8)4-9(11)12/h3-5H2,1-2H3. The summed E-state index contributed by atoms with van der Waals surface area (Å²) in [4.78, 5) is 19.8. The summed E-state index contributed by atoms with van der Waals surface area (Å²) in [5, 5.41) is 9.95. The molecule has 0 saturated carbocycles. The first kappa shape index (κ1) is 11.8. The second-order valence-corrected chi connectivity index (χ2v) is 2.92. The highest BCUT2D eigenvalue weighted by molar-refractivity contribution is 5.68. The van der Waals surface area contributed by atoms with Crippen LogP contribution in [0.25, 0.3) is 0 Å². The van der Waals surface area contributed by atoms with Crippen LogP contribution in [-0.4, -0.2) is 29.7 Å². The first-order chi connectivity index (χ1) is 5.87. The quantitative estimate of drug-likeness (QED) is 0.370. The van der Waals surface area contributed by atoms with E-state index in [4.69, 9.17) is 0 Å². The van der Waals surface area contributed by atoms with Crippen molar-refractivity contribution in [3.8, 4) is 0 Å². The highest BCUT2D eigenvalue weighted by Crippen LogP contribution is 2.10. The zero-order valence-corrected chi connectivity index (χ0v) is 7.58. The lowest BCUT2D eigenvalue weighted by Gasteiger charge is -2.14. The maximum atomic E-state index is 13.1. The Morgan fingerprint density at radius 1 is 1.69 bits per heavy atom. The van der Waals surface area contributed by atoms with Crippen LogP contribution in [0, 0.1) is 10.1 Å². The van der Waals surface area contributed by atoms with Gasteiger partial charge in [-0.2, -0.15) is 0 Å². The molecule has 0 fully saturated rings. The Bertz CT molecular complexity index is 205. The van der Waals surface area contributed by atoms with Gasteiger partial charge in [0.15, 0.2) is 0 Å². The van der Waals surface area contributed by atoms with Crippen molar-refractivity contribution in [2.45, 2.75) is 25.9 Å². The molecule has 0 spiro atoms. The van der Waals surface area contributed by atoms with Gasteiger partial charge in [-0.3, -0.25) is 14.9 Å². The predicted octanol–water partition coefficient (Wildman–Crippen LogP) is 0.945. The third-order valence-corrected chi connectivity index (χ3v) is 1.28. The minimum atomic E-state index is -2.09. The number of carbonyl (C=O) groups is 1. The molecule has 0 saturated heterocycles. The van der Waals surface area contributed by atoms with Gasteiger partial charge in [-0.05, 0) is 6.92 Å². The second kappa shape index (κ2) is 4.74. The highest BCUT2D eigenvalue weighted by Gasteiger charge is 2.31. The first-order valence-electron chi connectivity index (χ1n) is 3.84. The Kier molecular flexibility index (Phi) is 4.30. The van der Waals surface area contributed by atoms with E-state index >= 15 is 0 Å². The largest absolute Gasteiger partial charge is 0.462 e. The van der Waals surface area contributed by atoms with Crippen LogP contribution in [0.3, 0.4) is 0 Å². The number of halogens is 1. The van der Waals surface area contributed by atoms with E-state index in [2.05, 4.69) is 4.74 Å². The van der Waals surface area contributed by atoms with Gasteiger partial charge in [0.1, 0.15) is 6.61 Å². The van der Waals surface area contributed by atoms with Crippen LogP contribution in [0.4, 0.5) is 4.39 Å². The van der Waals surface area contributed by atoms with E-state index in [-0.39, 0.29) is 6.42 Å². The maximum absolute atomic E-state index is 13.1. The summed E-state index contributed by atoms with van der Waals surface area (Å²) in [7, 11) is 0. The lowest BCUT2D eigenvalue weighted by molar-refractivity contribution is -0.496. The molecule has 76 valence electrons. The van der Waals surface area contributed by atoms with Crippen molar-refractivity contribution in [3.05, 3.63) is 10.1 Å². The summed E-state index contributed by atoms with van der Waals surface area (Å²) in [6.45, 7) is 1.16. The van der Waals surface area contributed by atoms with Gasteiger partial charge in [0, 0.05) is 11.3 Å². The molecule has 1 atom stereocenters. The number of carbonyl (C=O) groups excluding carboxylic acids is 1. The Labute approximate surface area is 75.0 Å². The number of rotatable bonds is 5. The fraction of sp³-hybridized carbons (Fsp3) is 0.857. The van der Waals surface area contributed by atoms with Crippen LogP contribution in [0.5, 0.6) is 0 Å². The molecule has 0 radical (unpaired) electrons. The topological polar surface area (TPSA) is 69.4 Å². The monoisotopic (exact) mass is 193 g/mol. The van der Waals surface area contributed by atoms with Crippen molar-refractivity contribution in [1.82, 2.24) is 0 Å². The molecule has 0 amide bonds. The van der Waals surface area contributed by atoms with Gasteiger partial charge in [-0.15, -0.1) is 0 Å². The first-order valence-corrected chi connectivity index (χ1v) is 3.84. The van der Waals surface area contributed by atoms with E-state index in [0.29, 0.717) is 0 Å². The number of nitrogens with zero attached hydrogens (tertiary/aromatic N) is 1. The summed E-state index contributed by atoms with van der Waals surface area (Å²) in [6.07, 6.45) is 0.133. The Morgan fingerprint density at radius 2 is 2.23 bits per heavy atom. The van der Waals surface area contributed by atoms with Crippen LogP contribution >= 0.6 is 0 Å². The number of hydrogen-bond donors (Lipinski definition) is 0. The average Bonchev–Trinajstić information content (AvgIpc) is 1.98. The molecule has 0 aromatic carbocycles. The number of ether oxygens (including phenoxy) is 1. The lowest BCUT2D eigenvalue weighted by Crippen LogP contribution is -2.34. The molecule has 6 heteroatoms. The van der Waals surface area contributed by atoms with E-state index in [0.717, 1.165) is 6.92 Å². The van der Waals surface area contributed by atoms with Crippen molar-refractivity contribution in [2.75, 3.05) is 13.2 Å². The van der Waals surface area contributed by atoms with Gasteiger partial charge >= 0.3 is 5.97 Å². The van der Waals surface area contributed by atoms with Gasteiger partial charge in [0.05, 0.1) is 0 Å². The normalized spacial score (nSPS) is 14.7. The van der Waals surface area contributed by atoms with E-state index < -0.39 is 29.7 Å². The van der Waals surface area contributed by atoms with Crippen molar-refractivity contribution < 1.29 is 18.8 Å². The van der Waals surface area contributed by atoms with Crippen molar-refractivity contribution in [3.63, 3.8) is 0 Å². The molecule has 1 unspecified atom stereocenters. The molecule has 0 heterocycles. The van der Waals surface area contributed by atoms with Gasteiger partial charge in [-0.1, -0.05) is 6.92 Å². The molecule has 5 nitrogen and oxygen atoms in total. The molecule has 0 rings (SSSR count). The third kappa shape index (κ3) is 6.01. The molecule has 0 aliphatic carbocycles. The lowest BCUT2D eigenvalue weighted by atomic mass is 10.1. The third-order valence-electron chi connectivity index (χ3n) is 1.28. The predicted molar refractivity (Wildman–Crippen MR) is 42.6 cm³/mol. The summed E-state index contributed by atoms with van der Waals surface area (Å²) < 4.78 is 17.6. The molecule has 0 aromatic heterocycles. The molecule has 0 bridgehead atoms. The minimum absolute atomic E-state index is 0.133. The summed E-state index contributed by atoms with van der Waals surface area (Å²) in [6, 6.07) is 0. The van der Waals surface area contributed by atoms with Crippen LogP contribution in [0.15, 0.2) is 0 Å². The molecular formula is C7H12FNO4. The van der Waals surface area contributed by atoms with E-state index in [9.17, 15) is 19.3 Å². The molecule has 0 aromatic rings. The van der Waals surface area contributed by atoms with Crippen molar-refractivity contribution >= 4 is 5.97 Å². The summed E-state index contributed by atoms with van der Waals surface area (Å²) in [5.41, 5.74) is -2.09. The number of nitro groups is 1. The molecular weight excluding hydrogens is 181 g/mol. The van der Waals surface area contributed by atoms with Gasteiger partial charge in [0.25, 0.3) is 0 Å². The molecule has 0 aliphatic heterocycles. The smallest absolute Gasteiger partial charge is 0.305 e. The molecule has 0 N–H and O–H groups in total. The Hall–Kier alpha value is -1.20. The Morgan fingerprint density at radius 3 is 2.62 bits per heavy atom. The number of hydrogen-bond acceptors (Lipinski definition) is 4. The molecule has 13 heavy (non-hydrogen) atoms. The summed E-state index contributed by atoms with van der Waals surface area (Å²) >= 11 is 0. The maximum Gasteiger partial charge on any atom is 0.305 e. The Balaban J connectivity index is 3.88. The van der Waals surface area contributed by atoms with Crippen LogP contribution in [-0.2, 0) is 9.53 Å². The zero-order chi connectivity index (χ0) is 10.5. The number of alkyl halides is 1. The van der Waals surface area contributed by atoms with Crippen molar-refractivity contribution in [1.29, 1.82) is 0 Å². The van der Waals surface area contributed by atoms with Crippen molar-refractivity contribution in [2.24, 2.45) is 0 Å². The van der Waals surface area contributed by atoms with Gasteiger partial charge in [-0.25, -0.2) is 4.39 Å². The van der Waals surface area contributed by atoms with E-state index in [1.165, 1.54) is 0 Å². The average molecular weight is 193 g/mol. The fourth-order valence-electron chi connectivity index (χ4n) is 0.648. The SMILES string of the molecule is CCC(=O)OCC(C)(F)C[N+](=O)[O-].